The largest absolute Gasteiger partial charge is 0.354 e. The van der Waals surface area contributed by atoms with Crippen LogP contribution in [0.4, 0.5) is 0 Å². The number of hydrogen-bond acceptors (Lipinski definition) is 2. The summed E-state index contributed by atoms with van der Waals surface area (Å²) in [6, 6.07) is 18.1. The third-order valence-corrected chi connectivity index (χ3v) is 4.22. The quantitative estimate of drug-likeness (QED) is 0.819. The number of carbonyl (C=O) groups is 1. The molecule has 0 radical (unpaired) electrons. The molecule has 0 saturated carbocycles. The van der Waals surface area contributed by atoms with Crippen LogP contribution in [0.25, 0.3) is 0 Å². The van der Waals surface area contributed by atoms with Gasteiger partial charge in [-0.1, -0.05) is 67.1 Å². The van der Waals surface area contributed by atoms with Crippen LogP contribution in [-0.4, -0.2) is 12.5 Å². The predicted molar refractivity (Wildman–Crippen MR) is 95.2 cm³/mol. The fraction of sp³-hybridized carbons (Fsp3) is 0.350. The van der Waals surface area contributed by atoms with Gasteiger partial charge in [0.2, 0.25) is 5.91 Å². The Bertz CT molecular complexity index is 607. The smallest absolute Gasteiger partial charge is 0.220 e. The zero-order valence-electron chi connectivity index (χ0n) is 14.0. The van der Waals surface area contributed by atoms with Crippen molar-refractivity contribution in [3.05, 3.63) is 71.3 Å². The maximum Gasteiger partial charge on any atom is 0.220 e. The molecule has 2 atom stereocenters. The third kappa shape index (κ3) is 5.22. The van der Waals surface area contributed by atoms with Crippen LogP contribution in [-0.2, 0) is 4.79 Å². The van der Waals surface area contributed by atoms with Crippen LogP contribution >= 0.6 is 0 Å². The average Bonchev–Trinajstić information content (AvgIpc) is 2.59. The van der Waals surface area contributed by atoms with Crippen molar-refractivity contribution in [2.24, 2.45) is 5.73 Å². The molecule has 0 spiro atoms. The first-order chi connectivity index (χ1) is 11.1. The van der Waals surface area contributed by atoms with E-state index in [1.165, 1.54) is 11.1 Å². The van der Waals surface area contributed by atoms with Crippen LogP contribution in [0.1, 0.15) is 48.4 Å². The molecule has 3 N–H and O–H groups in total. The van der Waals surface area contributed by atoms with Gasteiger partial charge in [-0.15, -0.1) is 0 Å². The number of benzene rings is 2. The van der Waals surface area contributed by atoms with E-state index in [2.05, 4.69) is 43.4 Å². The molecule has 0 aliphatic rings. The average molecular weight is 310 g/mol. The lowest BCUT2D eigenvalue weighted by atomic mass is 9.92. The van der Waals surface area contributed by atoms with E-state index in [4.69, 9.17) is 5.73 Å². The standard InChI is InChI=1S/C20H26N2O/c1-3-16(17-11-9-15(2)10-12-17)13-20(23)22-14-19(21)18-7-5-4-6-8-18/h4-12,16,19H,3,13-14,21H2,1-2H3,(H,22,23). The van der Waals surface area contributed by atoms with Crippen LogP contribution in [0, 0.1) is 6.92 Å². The summed E-state index contributed by atoms with van der Waals surface area (Å²) in [6.07, 6.45) is 1.45. The van der Waals surface area contributed by atoms with Crippen molar-refractivity contribution >= 4 is 5.91 Å². The van der Waals surface area contributed by atoms with Crippen molar-refractivity contribution in [1.29, 1.82) is 0 Å². The Hall–Kier alpha value is -2.13. The number of rotatable bonds is 7. The van der Waals surface area contributed by atoms with Gasteiger partial charge < -0.3 is 11.1 Å². The van der Waals surface area contributed by atoms with Crippen molar-refractivity contribution in [2.45, 2.75) is 38.6 Å². The first-order valence-electron chi connectivity index (χ1n) is 8.24. The molecule has 23 heavy (non-hydrogen) atoms. The number of nitrogens with two attached hydrogens (primary N) is 1. The highest BCUT2D eigenvalue weighted by Crippen LogP contribution is 2.23. The first kappa shape index (κ1) is 17.2. The van der Waals surface area contributed by atoms with E-state index in [-0.39, 0.29) is 17.9 Å². The second-order valence-electron chi connectivity index (χ2n) is 6.04. The predicted octanol–water partition coefficient (Wildman–Crippen LogP) is 3.69. The van der Waals surface area contributed by atoms with E-state index in [0.717, 1.165) is 12.0 Å². The summed E-state index contributed by atoms with van der Waals surface area (Å²) in [5, 5.41) is 2.96. The second kappa shape index (κ2) is 8.49. The van der Waals surface area contributed by atoms with Crippen LogP contribution in [0.15, 0.2) is 54.6 Å². The van der Waals surface area contributed by atoms with Crippen molar-refractivity contribution < 1.29 is 4.79 Å². The summed E-state index contributed by atoms with van der Waals surface area (Å²) >= 11 is 0. The van der Waals surface area contributed by atoms with Gasteiger partial charge >= 0.3 is 0 Å². The fourth-order valence-electron chi connectivity index (χ4n) is 2.67. The molecule has 2 rings (SSSR count). The molecule has 2 aromatic rings. The van der Waals surface area contributed by atoms with Gasteiger partial charge in [-0.05, 0) is 30.4 Å². The molecule has 0 bridgehead atoms. The van der Waals surface area contributed by atoms with E-state index in [1.54, 1.807) is 0 Å². The summed E-state index contributed by atoms with van der Waals surface area (Å²) in [5.74, 6) is 0.312. The molecule has 3 heteroatoms. The lowest BCUT2D eigenvalue weighted by Gasteiger charge is -2.17. The number of hydrogen-bond donors (Lipinski definition) is 2. The SMILES string of the molecule is CCC(CC(=O)NCC(N)c1ccccc1)c1ccc(C)cc1. The van der Waals surface area contributed by atoms with Gasteiger partial charge in [0.05, 0.1) is 0 Å². The summed E-state index contributed by atoms with van der Waals surface area (Å²) in [5.41, 5.74) is 9.62. The first-order valence-corrected chi connectivity index (χ1v) is 8.24. The summed E-state index contributed by atoms with van der Waals surface area (Å²) in [6.45, 7) is 4.66. The molecule has 0 heterocycles. The summed E-state index contributed by atoms with van der Waals surface area (Å²) in [4.78, 5) is 12.2. The van der Waals surface area contributed by atoms with Crippen molar-refractivity contribution in [1.82, 2.24) is 5.32 Å². The Morgan fingerprint density at radius 1 is 1.04 bits per heavy atom. The molecular weight excluding hydrogens is 284 g/mol. The highest BCUT2D eigenvalue weighted by Gasteiger charge is 2.15. The van der Waals surface area contributed by atoms with Gasteiger partial charge in [0.1, 0.15) is 0 Å². The number of aryl methyl sites for hydroxylation is 1. The monoisotopic (exact) mass is 310 g/mol. The topological polar surface area (TPSA) is 55.1 Å². The molecule has 1 amide bonds. The van der Waals surface area contributed by atoms with Crippen molar-refractivity contribution in [2.75, 3.05) is 6.54 Å². The lowest BCUT2D eigenvalue weighted by Crippen LogP contribution is -2.32. The van der Waals surface area contributed by atoms with Crippen LogP contribution in [0.2, 0.25) is 0 Å². The maximum absolute atomic E-state index is 12.2. The van der Waals surface area contributed by atoms with Gasteiger partial charge in [0.15, 0.2) is 0 Å². The van der Waals surface area contributed by atoms with E-state index in [1.807, 2.05) is 30.3 Å². The molecule has 0 aliphatic heterocycles. The van der Waals surface area contributed by atoms with Gasteiger partial charge in [-0.25, -0.2) is 0 Å². The minimum atomic E-state index is -0.167. The van der Waals surface area contributed by atoms with Gasteiger partial charge in [0, 0.05) is 19.0 Å². The molecular formula is C20H26N2O. The highest BCUT2D eigenvalue weighted by molar-refractivity contribution is 5.76. The number of carbonyl (C=O) groups excluding carboxylic acids is 1. The van der Waals surface area contributed by atoms with Crippen LogP contribution in [0.5, 0.6) is 0 Å². The Labute approximate surface area is 138 Å². The van der Waals surface area contributed by atoms with Crippen LogP contribution < -0.4 is 11.1 Å². The molecule has 0 aromatic heterocycles. The maximum atomic E-state index is 12.2. The molecule has 2 aromatic carbocycles. The van der Waals surface area contributed by atoms with Gasteiger partial charge in [0.25, 0.3) is 0 Å². The molecule has 2 unspecified atom stereocenters. The van der Waals surface area contributed by atoms with Crippen LogP contribution in [0.3, 0.4) is 0 Å². The zero-order chi connectivity index (χ0) is 16.7. The molecule has 0 saturated heterocycles. The zero-order valence-corrected chi connectivity index (χ0v) is 14.0. The van der Waals surface area contributed by atoms with Crippen molar-refractivity contribution in [3.63, 3.8) is 0 Å². The molecule has 3 nitrogen and oxygen atoms in total. The third-order valence-electron chi connectivity index (χ3n) is 4.22. The minimum Gasteiger partial charge on any atom is -0.354 e. The summed E-state index contributed by atoms with van der Waals surface area (Å²) < 4.78 is 0. The highest BCUT2D eigenvalue weighted by atomic mass is 16.1. The Morgan fingerprint density at radius 2 is 1.70 bits per heavy atom. The molecule has 122 valence electrons. The molecule has 0 fully saturated rings. The Kier molecular flexibility index (Phi) is 6.36. The minimum absolute atomic E-state index is 0.0591. The van der Waals surface area contributed by atoms with E-state index >= 15 is 0 Å². The number of nitrogens with one attached hydrogen (secondary N) is 1. The normalized spacial score (nSPS) is 13.3. The molecule has 0 aliphatic carbocycles. The summed E-state index contributed by atoms with van der Waals surface area (Å²) in [7, 11) is 0. The fourth-order valence-corrected chi connectivity index (χ4v) is 2.67. The lowest BCUT2D eigenvalue weighted by molar-refractivity contribution is -0.121. The van der Waals surface area contributed by atoms with Crippen molar-refractivity contribution in [3.8, 4) is 0 Å². The number of amides is 1. The Morgan fingerprint density at radius 3 is 2.30 bits per heavy atom. The van der Waals surface area contributed by atoms with Gasteiger partial charge in [-0.2, -0.15) is 0 Å². The van der Waals surface area contributed by atoms with Gasteiger partial charge in [-0.3, -0.25) is 4.79 Å². The van der Waals surface area contributed by atoms with E-state index in [0.29, 0.717) is 13.0 Å². The van der Waals surface area contributed by atoms with E-state index < -0.39 is 0 Å². The second-order valence-corrected chi connectivity index (χ2v) is 6.04. The van der Waals surface area contributed by atoms with E-state index in [9.17, 15) is 4.79 Å². The Balaban J connectivity index is 1.86.